The maximum absolute atomic E-state index is 10.1. The van der Waals surface area contributed by atoms with Gasteiger partial charge in [0.15, 0.2) is 23.4 Å². The van der Waals surface area contributed by atoms with Crippen LogP contribution in [0.5, 0.6) is 17.4 Å². The van der Waals surface area contributed by atoms with E-state index < -0.39 is 6.23 Å². The molecule has 1 aliphatic rings. The fraction of sp³-hybridized carbons (Fsp3) is 0.286. The molecular weight excluding hydrogens is 424 g/mol. The van der Waals surface area contributed by atoms with E-state index in [1.54, 1.807) is 23.9 Å². The molecule has 2 aromatic carbocycles. The van der Waals surface area contributed by atoms with E-state index in [4.69, 9.17) is 21.1 Å². The molecule has 30 heavy (non-hydrogen) atoms. The summed E-state index contributed by atoms with van der Waals surface area (Å²) in [7, 11) is 1.47. The number of phenolic OH excluding ortho intramolecular Hbond substituents is 1. The topological polar surface area (TPSA) is 89.4 Å². The number of nitrogens with zero attached hydrogens (tertiary/aromatic N) is 3. The Morgan fingerprint density at radius 2 is 2.10 bits per heavy atom. The fourth-order valence-electron chi connectivity index (χ4n) is 3.07. The highest BCUT2D eigenvalue weighted by Crippen LogP contribution is 2.42. The summed E-state index contributed by atoms with van der Waals surface area (Å²) < 4.78 is 11.5. The van der Waals surface area contributed by atoms with Crippen molar-refractivity contribution in [3.05, 3.63) is 47.0 Å². The predicted molar refractivity (Wildman–Crippen MR) is 118 cm³/mol. The number of ether oxygens (including phenoxy) is 2. The zero-order valence-corrected chi connectivity index (χ0v) is 18.1. The number of benzene rings is 2. The number of para-hydroxylation sites is 1. The summed E-state index contributed by atoms with van der Waals surface area (Å²) in [6.45, 7) is 2.14. The van der Waals surface area contributed by atoms with Crippen LogP contribution in [0, 0.1) is 0 Å². The van der Waals surface area contributed by atoms with Crippen molar-refractivity contribution in [2.45, 2.75) is 31.1 Å². The normalized spacial score (nSPS) is 14.7. The van der Waals surface area contributed by atoms with E-state index >= 15 is 0 Å². The second-order valence-corrected chi connectivity index (χ2v) is 8.16. The number of halogens is 1. The van der Waals surface area contributed by atoms with E-state index in [9.17, 15) is 5.11 Å². The third kappa shape index (κ3) is 4.11. The molecule has 1 aromatic heterocycles. The summed E-state index contributed by atoms with van der Waals surface area (Å²) in [4.78, 5) is 4.62. The number of unbranched alkanes of at least 4 members (excludes halogenated alkanes) is 1. The van der Waals surface area contributed by atoms with Crippen LogP contribution in [0.4, 0.5) is 5.69 Å². The summed E-state index contributed by atoms with van der Waals surface area (Å²) in [6, 6.07) is 11.0. The standard InChI is InChI=1S/C21H21ClN4O3S/c1-3-4-9-30-21-24-20-17(25-26-21)13-7-5-6-8-15(13)23-19(29-20)12-10-14(22)18(27)16(11-12)28-2/h5-8,10-11,19,23,27H,3-4,9H2,1-2H3. The molecule has 0 fully saturated rings. The van der Waals surface area contributed by atoms with Gasteiger partial charge >= 0.3 is 0 Å². The molecule has 2 heterocycles. The maximum Gasteiger partial charge on any atom is 0.247 e. The molecule has 0 saturated carbocycles. The Hall–Kier alpha value is -2.71. The smallest absolute Gasteiger partial charge is 0.247 e. The van der Waals surface area contributed by atoms with Gasteiger partial charge in [-0.15, -0.1) is 10.2 Å². The van der Waals surface area contributed by atoms with E-state index in [1.165, 1.54) is 7.11 Å². The van der Waals surface area contributed by atoms with Crippen LogP contribution >= 0.6 is 23.4 Å². The third-order valence-electron chi connectivity index (χ3n) is 4.64. The Morgan fingerprint density at radius 1 is 1.27 bits per heavy atom. The zero-order chi connectivity index (χ0) is 21.1. The van der Waals surface area contributed by atoms with Crippen LogP contribution in [0.15, 0.2) is 41.6 Å². The first-order valence-electron chi connectivity index (χ1n) is 9.57. The molecule has 4 rings (SSSR count). The minimum atomic E-state index is -0.621. The molecule has 0 amide bonds. The number of hydrogen-bond donors (Lipinski definition) is 2. The molecule has 0 bridgehead atoms. The first-order chi connectivity index (χ1) is 14.6. The SMILES string of the molecule is CCCCSc1nnc2c(n1)OC(c1cc(Cl)c(O)c(OC)c1)Nc1ccccc1-2. The quantitative estimate of drug-likeness (QED) is 0.391. The Bertz CT molecular complexity index is 1070. The lowest BCUT2D eigenvalue weighted by molar-refractivity contribution is 0.224. The molecular formula is C21H21ClN4O3S. The van der Waals surface area contributed by atoms with Crippen molar-refractivity contribution in [1.29, 1.82) is 0 Å². The Morgan fingerprint density at radius 3 is 2.90 bits per heavy atom. The van der Waals surface area contributed by atoms with Gasteiger partial charge in [0, 0.05) is 22.6 Å². The second kappa shape index (κ2) is 8.97. The second-order valence-electron chi connectivity index (χ2n) is 6.69. The number of nitrogens with one attached hydrogen (secondary N) is 1. The predicted octanol–water partition coefficient (Wildman–Crippen LogP) is 5.30. The molecule has 1 unspecified atom stereocenters. The highest BCUT2D eigenvalue weighted by atomic mass is 35.5. The monoisotopic (exact) mass is 444 g/mol. The zero-order valence-electron chi connectivity index (χ0n) is 16.6. The van der Waals surface area contributed by atoms with Crippen molar-refractivity contribution < 1.29 is 14.6 Å². The molecule has 9 heteroatoms. The largest absolute Gasteiger partial charge is 0.503 e. The number of aromatic hydroxyl groups is 1. The van der Waals surface area contributed by atoms with E-state index in [0.717, 1.165) is 29.8 Å². The molecule has 3 aromatic rings. The Kier molecular flexibility index (Phi) is 6.15. The lowest BCUT2D eigenvalue weighted by Crippen LogP contribution is -2.17. The number of rotatable bonds is 6. The van der Waals surface area contributed by atoms with E-state index in [-0.39, 0.29) is 16.5 Å². The average molecular weight is 445 g/mol. The van der Waals surface area contributed by atoms with Gasteiger partial charge in [-0.25, -0.2) is 0 Å². The van der Waals surface area contributed by atoms with Crippen LogP contribution in [-0.4, -0.2) is 33.2 Å². The first kappa shape index (κ1) is 20.6. The molecule has 0 spiro atoms. The van der Waals surface area contributed by atoms with E-state index in [2.05, 4.69) is 27.4 Å². The number of hydrogen-bond acceptors (Lipinski definition) is 8. The van der Waals surface area contributed by atoms with Crippen LogP contribution < -0.4 is 14.8 Å². The van der Waals surface area contributed by atoms with Gasteiger partial charge in [-0.2, -0.15) is 4.98 Å². The molecule has 156 valence electrons. The van der Waals surface area contributed by atoms with E-state index in [1.807, 2.05) is 24.3 Å². The van der Waals surface area contributed by atoms with Gasteiger partial charge in [0.1, 0.15) is 0 Å². The highest BCUT2D eigenvalue weighted by molar-refractivity contribution is 7.99. The number of fused-ring (bicyclic) bond motifs is 3. The van der Waals surface area contributed by atoms with Gasteiger partial charge in [0.2, 0.25) is 11.0 Å². The minimum Gasteiger partial charge on any atom is -0.503 e. The van der Waals surface area contributed by atoms with Crippen LogP contribution in [-0.2, 0) is 0 Å². The first-order valence-corrected chi connectivity index (χ1v) is 10.9. The molecule has 0 aliphatic carbocycles. The van der Waals surface area contributed by atoms with Crippen LogP contribution in [0.1, 0.15) is 31.6 Å². The van der Waals surface area contributed by atoms with Gasteiger partial charge in [-0.3, -0.25) is 0 Å². The van der Waals surface area contributed by atoms with Crippen LogP contribution in [0.2, 0.25) is 5.02 Å². The molecule has 0 radical (unpaired) electrons. The number of aromatic nitrogens is 3. The van der Waals surface area contributed by atoms with Crippen molar-refractivity contribution >= 4 is 29.1 Å². The Balaban J connectivity index is 1.77. The lowest BCUT2D eigenvalue weighted by atomic mass is 10.1. The summed E-state index contributed by atoms with van der Waals surface area (Å²) >= 11 is 7.75. The number of methoxy groups -OCH3 is 1. The minimum absolute atomic E-state index is 0.115. The Labute approximate surface area is 183 Å². The maximum atomic E-state index is 10.1. The molecule has 0 saturated heterocycles. The summed E-state index contributed by atoms with van der Waals surface area (Å²) in [5.41, 5.74) is 2.91. The average Bonchev–Trinajstić information content (AvgIpc) is 2.92. The summed E-state index contributed by atoms with van der Waals surface area (Å²) in [5.74, 6) is 1.45. The van der Waals surface area contributed by atoms with Crippen molar-refractivity contribution in [3.8, 4) is 28.6 Å². The molecule has 2 N–H and O–H groups in total. The van der Waals surface area contributed by atoms with Crippen molar-refractivity contribution in [2.24, 2.45) is 0 Å². The summed E-state index contributed by atoms with van der Waals surface area (Å²) in [6.07, 6.45) is 1.56. The van der Waals surface area contributed by atoms with Crippen LogP contribution in [0.3, 0.4) is 0 Å². The van der Waals surface area contributed by atoms with Crippen molar-refractivity contribution in [2.75, 3.05) is 18.2 Å². The van der Waals surface area contributed by atoms with Gasteiger partial charge in [-0.05, 0) is 24.6 Å². The molecule has 7 nitrogen and oxygen atoms in total. The highest BCUT2D eigenvalue weighted by Gasteiger charge is 2.27. The third-order valence-corrected chi connectivity index (χ3v) is 5.85. The van der Waals surface area contributed by atoms with Gasteiger partial charge in [-0.1, -0.05) is 54.9 Å². The molecule has 1 atom stereocenters. The number of anilines is 1. The lowest BCUT2D eigenvalue weighted by Gasteiger charge is -2.20. The fourth-order valence-corrected chi connectivity index (χ4v) is 4.15. The molecule has 1 aliphatic heterocycles. The van der Waals surface area contributed by atoms with E-state index in [0.29, 0.717) is 22.3 Å². The van der Waals surface area contributed by atoms with Crippen molar-refractivity contribution in [1.82, 2.24) is 15.2 Å². The number of phenols is 1. The van der Waals surface area contributed by atoms with Crippen molar-refractivity contribution in [3.63, 3.8) is 0 Å². The van der Waals surface area contributed by atoms with Gasteiger partial charge in [0.05, 0.1) is 12.1 Å². The summed E-state index contributed by atoms with van der Waals surface area (Å²) in [5, 5.41) is 22.9. The van der Waals surface area contributed by atoms with Gasteiger partial charge in [0.25, 0.3) is 0 Å². The number of thioether (sulfide) groups is 1. The van der Waals surface area contributed by atoms with Gasteiger partial charge < -0.3 is 19.9 Å². The van der Waals surface area contributed by atoms with Crippen LogP contribution in [0.25, 0.3) is 11.3 Å².